The van der Waals surface area contributed by atoms with Crippen LogP contribution in [-0.2, 0) is 0 Å². The van der Waals surface area contributed by atoms with Crippen LogP contribution < -0.4 is 5.73 Å². The number of aryl methyl sites for hydroxylation is 1. The first kappa shape index (κ1) is 11.3. The molecule has 1 aromatic carbocycles. The van der Waals surface area contributed by atoms with E-state index in [4.69, 9.17) is 5.73 Å². The first-order valence-corrected chi connectivity index (χ1v) is 5.11. The summed E-state index contributed by atoms with van der Waals surface area (Å²) in [5, 5.41) is 0. The Morgan fingerprint density at radius 2 is 2.12 bits per heavy atom. The second-order valence-corrected chi connectivity index (χ2v) is 3.73. The zero-order chi connectivity index (χ0) is 12.4. The quantitative estimate of drug-likeness (QED) is 0.636. The number of aromatic nitrogens is 1. The average molecular weight is 230 g/mol. The monoisotopic (exact) mass is 230 g/mol. The molecular formula is C13H11FN2O. The van der Waals surface area contributed by atoms with Gasteiger partial charge in [-0.1, -0.05) is 6.07 Å². The summed E-state index contributed by atoms with van der Waals surface area (Å²) in [6.45, 7) is 1.80. The molecule has 0 aliphatic carbocycles. The molecule has 0 atom stereocenters. The third-order valence-corrected chi connectivity index (χ3v) is 2.48. The maximum absolute atomic E-state index is 13.0. The van der Waals surface area contributed by atoms with E-state index >= 15 is 0 Å². The van der Waals surface area contributed by atoms with Crippen molar-refractivity contribution in [2.45, 2.75) is 6.92 Å². The molecular weight excluding hydrogens is 219 g/mol. The van der Waals surface area contributed by atoms with Crippen molar-refractivity contribution in [1.82, 2.24) is 4.98 Å². The zero-order valence-corrected chi connectivity index (χ0v) is 9.27. The topological polar surface area (TPSA) is 56.0 Å². The number of carbonyl (C=O) groups excluding carboxylic acids is 1. The predicted octanol–water partition coefficient (Wildman–Crippen LogP) is 2.34. The lowest BCUT2D eigenvalue weighted by atomic mass is 10.0. The number of anilines is 1. The molecule has 0 fully saturated rings. The van der Waals surface area contributed by atoms with Crippen LogP contribution in [0.3, 0.4) is 0 Å². The minimum atomic E-state index is -0.528. The van der Waals surface area contributed by atoms with Crippen LogP contribution >= 0.6 is 0 Å². The van der Waals surface area contributed by atoms with Crippen LogP contribution in [-0.4, -0.2) is 10.8 Å². The SMILES string of the molecule is Cc1cccnc1C(=O)c1ccc(F)c(N)c1. The van der Waals surface area contributed by atoms with Crippen molar-refractivity contribution in [2.75, 3.05) is 5.73 Å². The number of ketones is 1. The summed E-state index contributed by atoms with van der Waals surface area (Å²) in [4.78, 5) is 16.1. The molecule has 0 unspecified atom stereocenters. The van der Waals surface area contributed by atoms with Gasteiger partial charge in [-0.3, -0.25) is 9.78 Å². The number of rotatable bonds is 2. The van der Waals surface area contributed by atoms with Gasteiger partial charge in [0.05, 0.1) is 5.69 Å². The van der Waals surface area contributed by atoms with E-state index in [1.54, 1.807) is 25.3 Å². The Morgan fingerprint density at radius 3 is 2.76 bits per heavy atom. The normalized spacial score (nSPS) is 10.2. The summed E-state index contributed by atoms with van der Waals surface area (Å²) < 4.78 is 13.0. The number of pyridine rings is 1. The Kier molecular flexibility index (Phi) is 2.87. The fourth-order valence-corrected chi connectivity index (χ4v) is 1.55. The maximum Gasteiger partial charge on any atom is 0.211 e. The highest BCUT2D eigenvalue weighted by atomic mass is 19.1. The summed E-state index contributed by atoms with van der Waals surface area (Å²) in [5.74, 6) is -0.783. The lowest BCUT2D eigenvalue weighted by molar-refractivity contribution is 0.103. The average Bonchev–Trinajstić information content (AvgIpc) is 2.32. The molecule has 2 aromatic rings. The van der Waals surface area contributed by atoms with Crippen molar-refractivity contribution >= 4 is 11.5 Å². The molecule has 0 aliphatic heterocycles. The zero-order valence-electron chi connectivity index (χ0n) is 9.27. The fraction of sp³-hybridized carbons (Fsp3) is 0.0769. The van der Waals surface area contributed by atoms with Crippen molar-refractivity contribution in [3.8, 4) is 0 Å². The summed E-state index contributed by atoms with van der Waals surface area (Å²) in [6, 6.07) is 7.47. The van der Waals surface area contributed by atoms with Crippen LogP contribution in [0.15, 0.2) is 36.5 Å². The molecule has 0 spiro atoms. The lowest BCUT2D eigenvalue weighted by Crippen LogP contribution is -2.07. The molecule has 0 radical (unpaired) electrons. The number of nitrogens with two attached hydrogens (primary N) is 1. The molecule has 1 heterocycles. The van der Waals surface area contributed by atoms with E-state index in [0.717, 1.165) is 5.56 Å². The van der Waals surface area contributed by atoms with E-state index in [1.165, 1.54) is 18.2 Å². The molecule has 0 aliphatic rings. The van der Waals surface area contributed by atoms with Crippen LogP contribution in [0.4, 0.5) is 10.1 Å². The molecule has 1 aromatic heterocycles. The second kappa shape index (κ2) is 4.33. The molecule has 0 saturated carbocycles. The van der Waals surface area contributed by atoms with Crippen molar-refractivity contribution in [3.05, 3.63) is 59.2 Å². The van der Waals surface area contributed by atoms with E-state index in [9.17, 15) is 9.18 Å². The third kappa shape index (κ3) is 2.15. The van der Waals surface area contributed by atoms with Crippen LogP contribution in [0.5, 0.6) is 0 Å². The third-order valence-electron chi connectivity index (χ3n) is 2.48. The van der Waals surface area contributed by atoms with Gasteiger partial charge in [0.1, 0.15) is 11.5 Å². The molecule has 0 bridgehead atoms. The summed E-state index contributed by atoms with van der Waals surface area (Å²) >= 11 is 0. The summed E-state index contributed by atoms with van der Waals surface area (Å²) in [5.41, 5.74) is 6.87. The number of halogens is 1. The Bertz CT molecular complexity index is 581. The minimum absolute atomic E-state index is 0.0376. The van der Waals surface area contributed by atoms with Crippen molar-refractivity contribution in [2.24, 2.45) is 0 Å². The molecule has 2 N–H and O–H groups in total. The van der Waals surface area contributed by atoms with Crippen molar-refractivity contribution in [3.63, 3.8) is 0 Å². The van der Waals surface area contributed by atoms with Crippen molar-refractivity contribution in [1.29, 1.82) is 0 Å². The first-order chi connectivity index (χ1) is 8.09. The highest BCUT2D eigenvalue weighted by Crippen LogP contribution is 2.16. The van der Waals surface area contributed by atoms with Crippen LogP contribution in [0.25, 0.3) is 0 Å². The number of hydrogen-bond acceptors (Lipinski definition) is 3. The standard InChI is InChI=1S/C13H11FN2O/c1-8-3-2-6-16-12(8)13(17)9-4-5-10(14)11(15)7-9/h2-7H,15H2,1H3. The van der Waals surface area contributed by atoms with Crippen LogP contribution in [0.2, 0.25) is 0 Å². The van der Waals surface area contributed by atoms with Gasteiger partial charge in [0, 0.05) is 11.8 Å². The van der Waals surface area contributed by atoms with Crippen LogP contribution in [0, 0.1) is 12.7 Å². The molecule has 0 amide bonds. The molecule has 4 heteroatoms. The van der Waals surface area contributed by atoms with Gasteiger partial charge in [0.2, 0.25) is 5.78 Å². The largest absolute Gasteiger partial charge is 0.396 e. The molecule has 86 valence electrons. The number of nitrogen functional groups attached to an aromatic ring is 1. The molecule has 0 saturated heterocycles. The highest BCUT2D eigenvalue weighted by molar-refractivity contribution is 6.08. The summed E-state index contributed by atoms with van der Waals surface area (Å²) in [6.07, 6.45) is 1.55. The van der Waals surface area contributed by atoms with E-state index in [1.807, 2.05) is 0 Å². The predicted molar refractivity (Wildman–Crippen MR) is 63.2 cm³/mol. The fourth-order valence-electron chi connectivity index (χ4n) is 1.55. The highest BCUT2D eigenvalue weighted by Gasteiger charge is 2.13. The maximum atomic E-state index is 13.0. The number of nitrogens with zero attached hydrogens (tertiary/aromatic N) is 1. The van der Waals surface area contributed by atoms with Gasteiger partial charge in [0.15, 0.2) is 0 Å². The first-order valence-electron chi connectivity index (χ1n) is 5.11. The van der Waals surface area contributed by atoms with Gasteiger partial charge in [-0.05, 0) is 36.8 Å². The van der Waals surface area contributed by atoms with Gasteiger partial charge in [-0.2, -0.15) is 0 Å². The Morgan fingerprint density at radius 1 is 1.35 bits per heavy atom. The Balaban J connectivity index is 2.44. The number of benzene rings is 1. The Hall–Kier alpha value is -2.23. The van der Waals surface area contributed by atoms with Gasteiger partial charge in [0.25, 0.3) is 0 Å². The van der Waals surface area contributed by atoms with Gasteiger partial charge in [-0.15, -0.1) is 0 Å². The van der Waals surface area contributed by atoms with Gasteiger partial charge in [-0.25, -0.2) is 4.39 Å². The second-order valence-electron chi connectivity index (χ2n) is 3.73. The smallest absolute Gasteiger partial charge is 0.211 e. The van der Waals surface area contributed by atoms with E-state index < -0.39 is 5.82 Å². The van der Waals surface area contributed by atoms with Gasteiger partial charge >= 0.3 is 0 Å². The minimum Gasteiger partial charge on any atom is -0.396 e. The van der Waals surface area contributed by atoms with E-state index in [2.05, 4.69) is 4.98 Å². The van der Waals surface area contributed by atoms with Gasteiger partial charge < -0.3 is 5.73 Å². The van der Waals surface area contributed by atoms with Crippen LogP contribution in [0.1, 0.15) is 21.6 Å². The molecule has 17 heavy (non-hydrogen) atoms. The van der Waals surface area contributed by atoms with E-state index in [-0.39, 0.29) is 11.5 Å². The number of hydrogen-bond donors (Lipinski definition) is 1. The van der Waals surface area contributed by atoms with Crippen molar-refractivity contribution < 1.29 is 9.18 Å². The lowest BCUT2D eigenvalue weighted by Gasteiger charge is -2.04. The summed E-state index contributed by atoms with van der Waals surface area (Å²) in [7, 11) is 0. The Labute approximate surface area is 98.1 Å². The van der Waals surface area contributed by atoms with E-state index in [0.29, 0.717) is 11.3 Å². The number of carbonyl (C=O) groups is 1. The molecule has 2 rings (SSSR count). The molecule has 3 nitrogen and oxygen atoms in total.